The number of ether oxygens (including phenoxy) is 1. The molecule has 0 radical (unpaired) electrons. The van der Waals surface area contributed by atoms with Crippen LogP contribution in [0.15, 0.2) is 35.7 Å². The summed E-state index contributed by atoms with van der Waals surface area (Å²) in [4.78, 5) is 37.3. The van der Waals surface area contributed by atoms with Gasteiger partial charge in [0, 0.05) is 63.3 Å². The van der Waals surface area contributed by atoms with Crippen molar-refractivity contribution in [1.29, 1.82) is 0 Å². The van der Waals surface area contributed by atoms with Gasteiger partial charge in [0.15, 0.2) is 0 Å². The average molecular weight is 685 g/mol. The highest BCUT2D eigenvalue weighted by atomic mass is 19.4. The largest absolute Gasteiger partial charge is 0.481 e. The molecule has 2 aliphatic heterocycles. The van der Waals surface area contributed by atoms with Gasteiger partial charge < -0.3 is 19.6 Å². The lowest BCUT2D eigenvalue weighted by molar-refractivity contribution is -0.151. The molecule has 2 aromatic rings. The lowest BCUT2D eigenvalue weighted by Gasteiger charge is -2.43. The number of carboxylic acids is 1. The number of anilines is 1. The number of piperidine rings is 1. The van der Waals surface area contributed by atoms with E-state index in [2.05, 4.69) is 15.1 Å². The van der Waals surface area contributed by atoms with Gasteiger partial charge in [-0.1, -0.05) is 19.8 Å². The molecular weight excluding hydrogens is 646 g/mol. The van der Waals surface area contributed by atoms with E-state index in [0.29, 0.717) is 44.4 Å². The van der Waals surface area contributed by atoms with E-state index in [4.69, 9.17) is 4.74 Å². The Balaban J connectivity index is 1.41. The van der Waals surface area contributed by atoms with Crippen LogP contribution in [-0.2, 0) is 28.4 Å². The van der Waals surface area contributed by atoms with Gasteiger partial charge in [-0.3, -0.25) is 9.80 Å². The van der Waals surface area contributed by atoms with Crippen molar-refractivity contribution in [2.75, 3.05) is 31.6 Å². The molecule has 3 atom stereocenters. The van der Waals surface area contributed by atoms with E-state index < -0.39 is 53.0 Å². The summed E-state index contributed by atoms with van der Waals surface area (Å²) in [6, 6.07) is 0.628. The quantitative estimate of drug-likeness (QED) is 0.296. The van der Waals surface area contributed by atoms with Crippen molar-refractivity contribution in [1.82, 2.24) is 19.9 Å². The third-order valence-corrected chi connectivity index (χ3v) is 9.57. The number of hydrogen-bond acceptors (Lipinski definition) is 8. The minimum atomic E-state index is -5.01. The fourth-order valence-electron chi connectivity index (χ4n) is 6.80. The van der Waals surface area contributed by atoms with Crippen LogP contribution in [0.2, 0.25) is 0 Å². The lowest BCUT2D eigenvalue weighted by Crippen LogP contribution is -2.52. The molecule has 0 spiro atoms. The highest BCUT2D eigenvalue weighted by Gasteiger charge is 2.44. The Kier molecular flexibility index (Phi) is 10.1. The third kappa shape index (κ3) is 7.78. The topological polar surface area (TPSA) is 111 Å². The number of halogens is 6. The number of carbonyl (C=O) groups is 2. The molecule has 3 heterocycles. The summed E-state index contributed by atoms with van der Waals surface area (Å²) in [5.74, 6) is -0.970. The summed E-state index contributed by atoms with van der Waals surface area (Å²) in [5.41, 5.74) is -3.43. The molecule has 1 aromatic carbocycles. The number of rotatable bonds is 9. The molecule has 0 bridgehead atoms. The fraction of sp³-hybridized carbons (Fsp3) is 0.594. The first-order valence-electron chi connectivity index (χ1n) is 15.9. The van der Waals surface area contributed by atoms with Crippen LogP contribution in [0.4, 0.5) is 37.1 Å². The average Bonchev–Trinajstić information content (AvgIpc) is 3.71. The molecule has 3 aliphatic rings. The molecule has 1 aliphatic carbocycles. The van der Waals surface area contributed by atoms with E-state index in [1.807, 2.05) is 14.0 Å². The summed E-state index contributed by atoms with van der Waals surface area (Å²) >= 11 is 0. The van der Waals surface area contributed by atoms with Gasteiger partial charge in [0.05, 0.1) is 11.1 Å². The molecule has 1 unspecified atom stereocenters. The molecule has 1 N–H and O–H groups in total. The molecule has 5 rings (SSSR count). The van der Waals surface area contributed by atoms with E-state index in [-0.39, 0.29) is 49.6 Å². The second-order valence-electron chi connectivity index (χ2n) is 12.9. The third-order valence-electron chi connectivity index (χ3n) is 9.57. The maximum absolute atomic E-state index is 13.7. The number of nitrogens with zero attached hydrogens (tertiary/aromatic N) is 6. The van der Waals surface area contributed by atoms with Crippen LogP contribution < -0.4 is 4.90 Å². The van der Waals surface area contributed by atoms with Crippen LogP contribution in [-0.4, -0.2) is 82.1 Å². The molecule has 1 aromatic heterocycles. The number of amides is 1. The Bertz CT molecular complexity index is 1460. The smallest absolute Gasteiger partial charge is 0.416 e. The van der Waals surface area contributed by atoms with Crippen molar-refractivity contribution in [3.8, 4) is 0 Å². The highest BCUT2D eigenvalue weighted by Crippen LogP contribution is 2.40. The number of aliphatic carboxylic acids is 1. The van der Waals surface area contributed by atoms with E-state index in [1.165, 1.54) is 4.90 Å². The van der Waals surface area contributed by atoms with Crippen molar-refractivity contribution >= 4 is 24.2 Å². The van der Waals surface area contributed by atoms with Gasteiger partial charge in [0.2, 0.25) is 5.95 Å². The SMILES string of the molecule is CC[C@@H]1C[C@H](N(Cc2cc(C(F)(F)F)cc(C(F)(F)F)c2)c2ncc(C3C=NN(C)C3)cn2)CCN1C(=O)OCC1(C(=O)O)CCCC1. The number of hydrazone groups is 1. The monoisotopic (exact) mass is 684 g/mol. The number of carbonyl (C=O) groups excluding carboxylic acids is 1. The first kappa shape index (κ1) is 35.2. The Morgan fingerprint density at radius 2 is 1.67 bits per heavy atom. The molecule has 262 valence electrons. The molecule has 16 heteroatoms. The number of alkyl halides is 6. The Morgan fingerprint density at radius 1 is 1.04 bits per heavy atom. The van der Waals surface area contributed by atoms with Crippen LogP contribution in [0.3, 0.4) is 0 Å². The van der Waals surface area contributed by atoms with Gasteiger partial charge >= 0.3 is 24.4 Å². The number of carboxylic acid groups (broad SMARTS) is 1. The van der Waals surface area contributed by atoms with E-state index >= 15 is 0 Å². The van der Waals surface area contributed by atoms with Crippen LogP contribution in [0, 0.1) is 5.41 Å². The zero-order chi connectivity index (χ0) is 34.9. The van der Waals surface area contributed by atoms with Crippen molar-refractivity contribution < 1.29 is 45.8 Å². The molecule has 1 saturated heterocycles. The molecule has 1 amide bonds. The van der Waals surface area contributed by atoms with Gasteiger partial charge in [-0.15, -0.1) is 0 Å². The zero-order valence-corrected chi connectivity index (χ0v) is 26.6. The van der Waals surface area contributed by atoms with Crippen LogP contribution in [0.25, 0.3) is 0 Å². The lowest BCUT2D eigenvalue weighted by atomic mass is 9.87. The molecule has 48 heavy (non-hydrogen) atoms. The van der Waals surface area contributed by atoms with Crippen molar-refractivity contribution in [3.05, 3.63) is 52.8 Å². The van der Waals surface area contributed by atoms with Gasteiger partial charge in [-0.2, -0.15) is 31.4 Å². The summed E-state index contributed by atoms with van der Waals surface area (Å²) in [5, 5.41) is 15.7. The van der Waals surface area contributed by atoms with Gasteiger partial charge in [-0.05, 0) is 61.4 Å². The van der Waals surface area contributed by atoms with Crippen LogP contribution >= 0.6 is 0 Å². The standard InChI is InChI=1S/C32H38F6N6O4/c1-3-25-13-26(6-9-43(25)29(47)48-19-30(27(45)46)7-4-5-8-30)44(28-39-14-21(15-40-28)22-16-41-42(2)18-22)17-20-10-23(31(33,34)35)12-24(11-20)32(36,37)38/h10-12,14-16,22,25-26H,3-9,13,17-19H2,1-2H3,(H,45,46)/t22?,25-,26-/m1/s1. The van der Waals surface area contributed by atoms with Gasteiger partial charge in [0.25, 0.3) is 0 Å². The first-order valence-corrected chi connectivity index (χ1v) is 15.9. The number of benzene rings is 1. The normalized spacial score (nSPS) is 22.6. The van der Waals surface area contributed by atoms with Gasteiger partial charge in [-0.25, -0.2) is 14.8 Å². The second-order valence-corrected chi connectivity index (χ2v) is 12.9. The van der Waals surface area contributed by atoms with Gasteiger partial charge in [0.1, 0.15) is 12.0 Å². The minimum Gasteiger partial charge on any atom is -0.481 e. The maximum atomic E-state index is 13.7. The first-order chi connectivity index (χ1) is 22.6. The number of hydrogen-bond donors (Lipinski definition) is 1. The predicted octanol–water partition coefficient (Wildman–Crippen LogP) is 6.56. The van der Waals surface area contributed by atoms with E-state index in [9.17, 15) is 41.0 Å². The molecule has 10 nitrogen and oxygen atoms in total. The minimum absolute atomic E-state index is 0.0847. The van der Waals surface area contributed by atoms with Crippen molar-refractivity contribution in [2.45, 2.75) is 88.8 Å². The fourth-order valence-corrected chi connectivity index (χ4v) is 6.80. The summed E-state index contributed by atoms with van der Waals surface area (Å²) in [7, 11) is 1.81. The molecular formula is C32H38F6N6O4. The Hall–Kier alpha value is -4.11. The predicted molar refractivity (Wildman–Crippen MR) is 162 cm³/mol. The molecule has 1 saturated carbocycles. The van der Waals surface area contributed by atoms with Crippen molar-refractivity contribution in [2.24, 2.45) is 10.5 Å². The van der Waals surface area contributed by atoms with Crippen molar-refractivity contribution in [3.63, 3.8) is 0 Å². The van der Waals surface area contributed by atoms with E-state index in [0.717, 1.165) is 18.4 Å². The summed E-state index contributed by atoms with van der Waals surface area (Å²) in [6.07, 6.45) is -2.45. The number of likely N-dealkylation sites (tertiary alicyclic amines) is 1. The Labute approximate surface area is 273 Å². The summed E-state index contributed by atoms with van der Waals surface area (Å²) in [6.45, 7) is 2.01. The van der Waals surface area contributed by atoms with Crippen LogP contribution in [0.1, 0.15) is 80.0 Å². The summed E-state index contributed by atoms with van der Waals surface area (Å²) < 4.78 is 87.8. The van der Waals surface area contributed by atoms with Crippen LogP contribution in [0.5, 0.6) is 0 Å². The zero-order valence-electron chi connectivity index (χ0n) is 26.6. The Morgan fingerprint density at radius 3 is 2.19 bits per heavy atom. The highest BCUT2D eigenvalue weighted by molar-refractivity contribution is 5.76. The number of likely N-dealkylation sites (N-methyl/N-ethyl adjacent to an activating group) is 1. The maximum Gasteiger partial charge on any atom is 0.416 e. The number of aromatic nitrogens is 2. The second kappa shape index (κ2) is 13.8. The van der Waals surface area contributed by atoms with E-state index in [1.54, 1.807) is 28.5 Å². The molecule has 2 fully saturated rings.